The molecule has 2 aromatic carbocycles. The fourth-order valence-electron chi connectivity index (χ4n) is 2.64. The molecule has 2 aromatic rings. The van der Waals surface area contributed by atoms with Gasteiger partial charge in [-0.3, -0.25) is 4.79 Å². The Labute approximate surface area is 137 Å². The van der Waals surface area contributed by atoms with Crippen molar-refractivity contribution in [1.29, 1.82) is 0 Å². The minimum Gasteiger partial charge on any atom is -0.497 e. The summed E-state index contributed by atoms with van der Waals surface area (Å²) in [4.78, 5) is 14.7. The third kappa shape index (κ3) is 3.83. The summed E-state index contributed by atoms with van der Waals surface area (Å²) in [5.41, 5.74) is 3.71. The van der Waals surface area contributed by atoms with Crippen molar-refractivity contribution in [2.75, 3.05) is 25.7 Å². The van der Waals surface area contributed by atoms with Crippen LogP contribution in [-0.2, 0) is 0 Å². The van der Waals surface area contributed by atoms with Crippen LogP contribution in [0.3, 0.4) is 0 Å². The van der Waals surface area contributed by atoms with E-state index in [1.165, 1.54) is 0 Å². The summed E-state index contributed by atoms with van der Waals surface area (Å²) in [7, 11) is 3.15. The number of anilines is 1. The second-order valence-electron chi connectivity index (χ2n) is 5.50. The van der Waals surface area contributed by atoms with Gasteiger partial charge in [-0.05, 0) is 56.2 Å². The Bertz CT molecular complexity index is 667. The van der Waals surface area contributed by atoms with E-state index in [1.54, 1.807) is 37.3 Å². The van der Waals surface area contributed by atoms with Gasteiger partial charge in [0, 0.05) is 23.9 Å². The molecule has 23 heavy (non-hydrogen) atoms. The van der Waals surface area contributed by atoms with Crippen LogP contribution in [0.2, 0.25) is 0 Å². The first kappa shape index (κ1) is 16.9. The molecule has 0 bridgehead atoms. The minimum absolute atomic E-state index is 0.0744. The smallest absolute Gasteiger partial charge is 0.258 e. The number of amides is 1. The Hall–Kier alpha value is -2.49. The lowest BCUT2D eigenvalue weighted by Gasteiger charge is -2.22. The van der Waals surface area contributed by atoms with Gasteiger partial charge in [0.25, 0.3) is 5.91 Å². The molecule has 1 amide bonds. The van der Waals surface area contributed by atoms with Crippen LogP contribution >= 0.6 is 0 Å². The van der Waals surface area contributed by atoms with E-state index in [2.05, 4.69) is 6.07 Å². The molecule has 0 aliphatic heterocycles. The molecule has 0 fully saturated rings. The molecule has 4 heteroatoms. The van der Waals surface area contributed by atoms with E-state index in [4.69, 9.17) is 9.47 Å². The SMILES string of the molecule is CCN(C(=O)c1cc(OC)cc(OC)c1)c1cc(C)cc(C)c1. The van der Waals surface area contributed by atoms with Crippen LogP contribution in [0.25, 0.3) is 0 Å². The van der Waals surface area contributed by atoms with E-state index in [0.717, 1.165) is 16.8 Å². The lowest BCUT2D eigenvalue weighted by atomic mass is 10.1. The number of hydrogen-bond donors (Lipinski definition) is 0. The number of rotatable bonds is 5. The number of nitrogens with zero attached hydrogens (tertiary/aromatic N) is 1. The quantitative estimate of drug-likeness (QED) is 0.838. The van der Waals surface area contributed by atoms with Gasteiger partial charge in [-0.25, -0.2) is 0 Å². The summed E-state index contributed by atoms with van der Waals surface area (Å²) >= 11 is 0. The highest BCUT2D eigenvalue weighted by Crippen LogP contribution is 2.26. The number of hydrogen-bond acceptors (Lipinski definition) is 3. The van der Waals surface area contributed by atoms with Crippen molar-refractivity contribution >= 4 is 11.6 Å². The number of benzene rings is 2. The number of aryl methyl sites for hydroxylation is 2. The Balaban J connectivity index is 2.43. The predicted molar refractivity (Wildman–Crippen MR) is 92.8 cm³/mol. The number of methoxy groups -OCH3 is 2. The van der Waals surface area contributed by atoms with Crippen molar-refractivity contribution in [3.63, 3.8) is 0 Å². The summed E-state index contributed by atoms with van der Waals surface area (Å²) < 4.78 is 10.5. The highest BCUT2D eigenvalue weighted by molar-refractivity contribution is 6.06. The average molecular weight is 313 g/mol. The van der Waals surface area contributed by atoms with Crippen molar-refractivity contribution in [1.82, 2.24) is 0 Å². The molecule has 0 unspecified atom stereocenters. The maximum absolute atomic E-state index is 13.0. The van der Waals surface area contributed by atoms with Gasteiger partial charge in [-0.2, -0.15) is 0 Å². The summed E-state index contributed by atoms with van der Waals surface area (Å²) in [6, 6.07) is 11.4. The molecule has 122 valence electrons. The monoisotopic (exact) mass is 313 g/mol. The fourth-order valence-corrected chi connectivity index (χ4v) is 2.64. The van der Waals surface area contributed by atoms with E-state index in [9.17, 15) is 4.79 Å². The summed E-state index contributed by atoms with van der Waals surface area (Å²) in [5.74, 6) is 1.13. The molecule has 4 nitrogen and oxygen atoms in total. The van der Waals surface area contributed by atoms with Gasteiger partial charge >= 0.3 is 0 Å². The van der Waals surface area contributed by atoms with Crippen LogP contribution in [-0.4, -0.2) is 26.7 Å². The van der Waals surface area contributed by atoms with Crippen molar-refractivity contribution in [3.8, 4) is 11.5 Å². The van der Waals surface area contributed by atoms with Crippen LogP contribution < -0.4 is 14.4 Å². The number of carbonyl (C=O) groups is 1. The molecule has 0 atom stereocenters. The lowest BCUT2D eigenvalue weighted by molar-refractivity contribution is 0.0987. The van der Waals surface area contributed by atoms with Crippen LogP contribution in [0.4, 0.5) is 5.69 Å². The molecule has 2 rings (SSSR count). The number of carbonyl (C=O) groups excluding carboxylic acids is 1. The summed E-state index contributed by atoms with van der Waals surface area (Å²) in [5, 5.41) is 0. The first-order valence-electron chi connectivity index (χ1n) is 7.61. The van der Waals surface area contributed by atoms with Gasteiger partial charge < -0.3 is 14.4 Å². The molecule has 0 aliphatic rings. The second-order valence-corrected chi connectivity index (χ2v) is 5.50. The highest BCUT2D eigenvalue weighted by Gasteiger charge is 2.18. The predicted octanol–water partition coefficient (Wildman–Crippen LogP) is 3.99. The van der Waals surface area contributed by atoms with Crippen molar-refractivity contribution in [2.24, 2.45) is 0 Å². The van der Waals surface area contributed by atoms with Crippen LogP contribution in [0.5, 0.6) is 11.5 Å². The molecule has 0 aromatic heterocycles. The Kier molecular flexibility index (Phi) is 5.27. The summed E-state index contributed by atoms with van der Waals surface area (Å²) in [6.07, 6.45) is 0. The average Bonchev–Trinajstić information content (AvgIpc) is 2.54. The molecule has 0 N–H and O–H groups in total. The normalized spacial score (nSPS) is 10.3. The maximum atomic E-state index is 13.0. The summed E-state index contributed by atoms with van der Waals surface area (Å²) in [6.45, 7) is 6.61. The Morgan fingerprint density at radius 1 is 0.913 bits per heavy atom. The van der Waals surface area contributed by atoms with E-state index < -0.39 is 0 Å². The lowest BCUT2D eigenvalue weighted by Crippen LogP contribution is -2.30. The fraction of sp³-hybridized carbons (Fsp3) is 0.316. The zero-order valence-electron chi connectivity index (χ0n) is 14.3. The van der Waals surface area contributed by atoms with E-state index in [1.807, 2.05) is 32.9 Å². The van der Waals surface area contributed by atoms with Gasteiger partial charge in [-0.1, -0.05) is 6.07 Å². The number of ether oxygens (including phenoxy) is 2. The van der Waals surface area contributed by atoms with Crippen molar-refractivity contribution < 1.29 is 14.3 Å². The largest absolute Gasteiger partial charge is 0.497 e. The molecule has 0 radical (unpaired) electrons. The Morgan fingerprint density at radius 2 is 1.43 bits per heavy atom. The van der Waals surface area contributed by atoms with Crippen LogP contribution in [0.15, 0.2) is 36.4 Å². The highest BCUT2D eigenvalue weighted by atomic mass is 16.5. The molecule has 0 aliphatic carbocycles. The third-order valence-corrected chi connectivity index (χ3v) is 3.68. The maximum Gasteiger partial charge on any atom is 0.258 e. The Morgan fingerprint density at radius 3 is 1.87 bits per heavy atom. The van der Waals surface area contributed by atoms with Crippen LogP contribution in [0, 0.1) is 13.8 Å². The molecule has 0 saturated carbocycles. The minimum atomic E-state index is -0.0744. The first-order valence-corrected chi connectivity index (χ1v) is 7.61. The van der Waals surface area contributed by atoms with Gasteiger partial charge in [0.05, 0.1) is 14.2 Å². The van der Waals surface area contributed by atoms with E-state index in [0.29, 0.717) is 23.6 Å². The van der Waals surface area contributed by atoms with E-state index in [-0.39, 0.29) is 5.91 Å². The van der Waals surface area contributed by atoms with Gasteiger partial charge in [0.15, 0.2) is 0 Å². The van der Waals surface area contributed by atoms with Gasteiger partial charge in [0.2, 0.25) is 0 Å². The van der Waals surface area contributed by atoms with Crippen molar-refractivity contribution in [2.45, 2.75) is 20.8 Å². The van der Waals surface area contributed by atoms with Gasteiger partial charge in [0.1, 0.15) is 11.5 Å². The molecule has 0 saturated heterocycles. The standard InChI is InChI=1S/C19H23NO3/c1-6-20(16-8-13(2)7-14(3)9-16)19(21)15-10-17(22-4)12-18(11-15)23-5/h7-12H,6H2,1-5H3. The van der Waals surface area contributed by atoms with Crippen LogP contribution in [0.1, 0.15) is 28.4 Å². The molecule has 0 spiro atoms. The molecule has 0 heterocycles. The third-order valence-electron chi connectivity index (χ3n) is 3.68. The van der Waals surface area contributed by atoms with E-state index >= 15 is 0 Å². The zero-order chi connectivity index (χ0) is 17.0. The second kappa shape index (κ2) is 7.18. The van der Waals surface area contributed by atoms with Crippen molar-refractivity contribution in [3.05, 3.63) is 53.1 Å². The zero-order valence-corrected chi connectivity index (χ0v) is 14.3. The molecular formula is C19H23NO3. The van der Waals surface area contributed by atoms with Gasteiger partial charge in [-0.15, -0.1) is 0 Å². The topological polar surface area (TPSA) is 38.8 Å². The first-order chi connectivity index (χ1) is 11.0. The molecular weight excluding hydrogens is 290 g/mol.